The minimum absolute atomic E-state index is 0.161. The summed E-state index contributed by atoms with van der Waals surface area (Å²) in [4.78, 5) is 41.1. The molecule has 2 amide bonds. The minimum atomic E-state index is -0.695. The van der Waals surface area contributed by atoms with Gasteiger partial charge in [-0.05, 0) is 42.3 Å². The Balaban J connectivity index is 1.57. The van der Waals surface area contributed by atoms with E-state index in [0.717, 1.165) is 42.9 Å². The Morgan fingerprint density at radius 2 is 1.70 bits per heavy atom. The zero-order chi connectivity index (χ0) is 26.7. The molecule has 0 radical (unpaired) electrons. The van der Waals surface area contributed by atoms with Gasteiger partial charge in [-0.2, -0.15) is 4.98 Å². The molecule has 2 heterocycles. The first-order chi connectivity index (χ1) is 17.6. The molecule has 1 unspecified atom stereocenters. The number of likely N-dealkylation sites (N-methyl/N-ethyl adjacent to an activating group) is 2. The van der Waals surface area contributed by atoms with Gasteiger partial charge in [-0.15, -0.1) is 0 Å². The summed E-state index contributed by atoms with van der Waals surface area (Å²) in [5.41, 5.74) is 9.29. The molecule has 1 fully saturated rings. The normalized spacial score (nSPS) is 15.1. The van der Waals surface area contributed by atoms with E-state index < -0.39 is 6.04 Å². The molecule has 37 heavy (non-hydrogen) atoms. The number of nitrogen functional groups attached to an aromatic ring is 1. The fourth-order valence-electron chi connectivity index (χ4n) is 4.56. The van der Waals surface area contributed by atoms with Crippen LogP contribution < -0.4 is 16.0 Å². The van der Waals surface area contributed by atoms with E-state index >= 15 is 0 Å². The van der Waals surface area contributed by atoms with Gasteiger partial charge in [0, 0.05) is 57.6 Å². The van der Waals surface area contributed by atoms with Crippen molar-refractivity contribution < 1.29 is 9.59 Å². The number of nitrogens with one attached hydrogen (secondary N) is 1. The second kappa shape index (κ2) is 11.1. The largest absolute Gasteiger partial charge is 0.368 e. The van der Waals surface area contributed by atoms with Crippen molar-refractivity contribution in [3.8, 4) is 0 Å². The van der Waals surface area contributed by atoms with Crippen molar-refractivity contribution in [1.29, 1.82) is 0 Å². The average molecular weight is 504 g/mol. The summed E-state index contributed by atoms with van der Waals surface area (Å²) in [6.45, 7) is 7.85. The van der Waals surface area contributed by atoms with Gasteiger partial charge in [-0.3, -0.25) is 9.59 Å². The van der Waals surface area contributed by atoms with Crippen LogP contribution in [0.5, 0.6) is 0 Å². The number of fused-ring (bicyclic) bond motifs is 1. The first kappa shape index (κ1) is 26.3. The third kappa shape index (κ3) is 6.17. The summed E-state index contributed by atoms with van der Waals surface area (Å²) in [6, 6.07) is 12.8. The van der Waals surface area contributed by atoms with Gasteiger partial charge in [0.1, 0.15) is 11.9 Å². The molecule has 0 spiro atoms. The number of anilines is 2. The topological polar surface area (TPSA) is 108 Å². The Labute approximate surface area is 218 Å². The number of nitrogens with two attached hydrogens (primary N) is 1. The fraction of sp³-hybridized carbons (Fsp3) is 0.429. The lowest BCUT2D eigenvalue weighted by Crippen LogP contribution is -2.47. The number of rotatable bonds is 7. The van der Waals surface area contributed by atoms with Crippen LogP contribution in [0, 0.1) is 0 Å². The summed E-state index contributed by atoms with van der Waals surface area (Å²) >= 11 is 0. The van der Waals surface area contributed by atoms with Crippen molar-refractivity contribution in [3.63, 3.8) is 0 Å². The number of hydrogen-bond acceptors (Lipinski definition) is 7. The molecule has 0 aliphatic carbocycles. The van der Waals surface area contributed by atoms with Crippen molar-refractivity contribution in [2.75, 3.05) is 58.0 Å². The van der Waals surface area contributed by atoms with Crippen LogP contribution in [-0.4, -0.2) is 84.9 Å². The SMILES string of the molecule is CC(C)c1ccc(CC(NC(=O)c2ccc3c(N4CCN(C)CC4)nc(N)nc3c2)C(=O)N(C)C)cc1. The molecule has 1 aromatic heterocycles. The van der Waals surface area contributed by atoms with Crippen molar-refractivity contribution in [2.24, 2.45) is 0 Å². The van der Waals surface area contributed by atoms with Gasteiger partial charge < -0.3 is 25.8 Å². The molecular weight excluding hydrogens is 466 g/mol. The van der Waals surface area contributed by atoms with Gasteiger partial charge in [0.15, 0.2) is 0 Å². The van der Waals surface area contributed by atoms with E-state index in [1.54, 1.807) is 26.2 Å². The summed E-state index contributed by atoms with van der Waals surface area (Å²) in [5, 5.41) is 3.79. The zero-order valence-corrected chi connectivity index (χ0v) is 22.4. The van der Waals surface area contributed by atoms with Crippen LogP contribution in [0.3, 0.4) is 0 Å². The number of amides is 2. The summed E-state index contributed by atoms with van der Waals surface area (Å²) in [7, 11) is 5.49. The fourth-order valence-corrected chi connectivity index (χ4v) is 4.56. The van der Waals surface area contributed by atoms with E-state index in [0.29, 0.717) is 23.4 Å². The molecular formula is C28H37N7O2. The highest BCUT2D eigenvalue weighted by Crippen LogP contribution is 2.26. The predicted molar refractivity (Wildman–Crippen MR) is 148 cm³/mol. The van der Waals surface area contributed by atoms with Crippen molar-refractivity contribution in [1.82, 2.24) is 25.1 Å². The van der Waals surface area contributed by atoms with Crippen LogP contribution in [0.2, 0.25) is 0 Å². The molecule has 3 N–H and O–H groups in total. The number of carbonyl (C=O) groups excluding carboxylic acids is 2. The summed E-state index contributed by atoms with van der Waals surface area (Å²) in [5.74, 6) is 0.887. The molecule has 0 bridgehead atoms. The van der Waals surface area contributed by atoms with Crippen LogP contribution in [0.15, 0.2) is 42.5 Å². The lowest BCUT2D eigenvalue weighted by Gasteiger charge is -2.33. The molecule has 4 rings (SSSR count). The molecule has 1 atom stereocenters. The third-order valence-electron chi connectivity index (χ3n) is 6.89. The number of piperazine rings is 1. The lowest BCUT2D eigenvalue weighted by atomic mass is 9.98. The minimum Gasteiger partial charge on any atom is -0.368 e. The Bertz CT molecular complexity index is 1270. The quantitative estimate of drug-likeness (QED) is 0.510. The summed E-state index contributed by atoms with van der Waals surface area (Å²) in [6.07, 6.45) is 0.400. The van der Waals surface area contributed by atoms with E-state index in [4.69, 9.17) is 5.73 Å². The predicted octanol–water partition coefficient (Wildman–Crippen LogP) is 2.52. The maximum Gasteiger partial charge on any atom is 0.252 e. The molecule has 196 valence electrons. The summed E-state index contributed by atoms with van der Waals surface area (Å²) < 4.78 is 0. The van der Waals surface area contributed by atoms with Gasteiger partial charge in [0.25, 0.3) is 5.91 Å². The average Bonchev–Trinajstić information content (AvgIpc) is 2.87. The van der Waals surface area contributed by atoms with Crippen LogP contribution in [0.25, 0.3) is 10.9 Å². The maximum absolute atomic E-state index is 13.3. The van der Waals surface area contributed by atoms with Crippen LogP contribution in [-0.2, 0) is 11.2 Å². The van der Waals surface area contributed by atoms with Crippen LogP contribution in [0.1, 0.15) is 41.3 Å². The van der Waals surface area contributed by atoms with Gasteiger partial charge in [0.05, 0.1) is 5.52 Å². The highest BCUT2D eigenvalue weighted by molar-refractivity contribution is 6.01. The highest BCUT2D eigenvalue weighted by Gasteiger charge is 2.24. The number of benzene rings is 2. The van der Waals surface area contributed by atoms with Crippen molar-refractivity contribution in [3.05, 3.63) is 59.2 Å². The first-order valence-electron chi connectivity index (χ1n) is 12.7. The van der Waals surface area contributed by atoms with Gasteiger partial charge in [0.2, 0.25) is 11.9 Å². The molecule has 9 nitrogen and oxygen atoms in total. The first-order valence-corrected chi connectivity index (χ1v) is 12.7. The Morgan fingerprint density at radius 1 is 1.03 bits per heavy atom. The smallest absolute Gasteiger partial charge is 0.252 e. The standard InChI is InChI=1S/C28H37N7O2/c1-18(2)20-8-6-19(7-9-20)16-24(27(37)33(3)4)30-26(36)21-10-11-22-23(17-21)31-28(29)32-25(22)35-14-12-34(5)13-15-35/h6-11,17-18,24H,12-16H2,1-5H3,(H,30,36)(H2,29,31,32). The molecule has 1 saturated heterocycles. The van der Waals surface area contributed by atoms with Crippen LogP contribution in [0.4, 0.5) is 11.8 Å². The van der Waals surface area contributed by atoms with E-state index in [-0.39, 0.29) is 17.8 Å². The van der Waals surface area contributed by atoms with Gasteiger partial charge >= 0.3 is 0 Å². The Kier molecular flexibility index (Phi) is 7.92. The molecule has 9 heteroatoms. The number of hydrogen-bond donors (Lipinski definition) is 2. The second-order valence-electron chi connectivity index (χ2n) is 10.3. The second-order valence-corrected chi connectivity index (χ2v) is 10.3. The van der Waals surface area contributed by atoms with E-state index in [2.05, 4.69) is 58.1 Å². The van der Waals surface area contributed by atoms with E-state index in [1.807, 2.05) is 18.2 Å². The van der Waals surface area contributed by atoms with Crippen LogP contribution >= 0.6 is 0 Å². The number of carbonyl (C=O) groups is 2. The monoisotopic (exact) mass is 503 g/mol. The molecule has 1 aliphatic heterocycles. The highest BCUT2D eigenvalue weighted by atomic mass is 16.2. The lowest BCUT2D eigenvalue weighted by molar-refractivity contribution is -0.130. The van der Waals surface area contributed by atoms with Crippen molar-refractivity contribution >= 4 is 34.5 Å². The maximum atomic E-state index is 13.3. The van der Waals surface area contributed by atoms with E-state index in [1.165, 1.54) is 10.5 Å². The zero-order valence-electron chi connectivity index (χ0n) is 22.4. The van der Waals surface area contributed by atoms with Crippen molar-refractivity contribution in [2.45, 2.75) is 32.2 Å². The van der Waals surface area contributed by atoms with Gasteiger partial charge in [-0.25, -0.2) is 4.98 Å². The molecule has 1 aliphatic rings. The number of nitrogens with zero attached hydrogens (tertiary/aromatic N) is 5. The van der Waals surface area contributed by atoms with E-state index in [9.17, 15) is 9.59 Å². The molecule has 2 aromatic carbocycles. The Morgan fingerprint density at radius 3 is 2.32 bits per heavy atom. The number of aromatic nitrogens is 2. The molecule has 3 aromatic rings. The van der Waals surface area contributed by atoms with Gasteiger partial charge in [-0.1, -0.05) is 38.1 Å². The molecule has 0 saturated carbocycles. The Hall–Kier alpha value is -3.72. The third-order valence-corrected chi connectivity index (χ3v) is 6.89.